The van der Waals surface area contributed by atoms with Crippen molar-refractivity contribution in [1.29, 1.82) is 0 Å². The van der Waals surface area contributed by atoms with Crippen LogP contribution in [-0.4, -0.2) is 52.4 Å². The highest BCUT2D eigenvalue weighted by atomic mass is 16.6. The summed E-state index contributed by atoms with van der Waals surface area (Å²) in [4.78, 5) is 37.8. The summed E-state index contributed by atoms with van der Waals surface area (Å²) in [7, 11) is 1.58. The van der Waals surface area contributed by atoms with E-state index in [9.17, 15) is 14.9 Å². The predicted octanol–water partition coefficient (Wildman–Crippen LogP) is 4.68. The van der Waals surface area contributed by atoms with Crippen LogP contribution in [0, 0.1) is 17.0 Å². The number of hydrogen-bond acceptors (Lipinski definition) is 8. The molecule has 0 spiro atoms. The molecule has 0 bridgehead atoms. The molecule has 10 heteroatoms. The fourth-order valence-electron chi connectivity index (χ4n) is 4.79. The van der Waals surface area contributed by atoms with Crippen molar-refractivity contribution in [3.63, 3.8) is 0 Å². The molecule has 3 aromatic rings. The molecule has 0 radical (unpaired) electrons. The Morgan fingerprint density at radius 3 is 2.51 bits per heavy atom. The van der Waals surface area contributed by atoms with E-state index in [0.717, 1.165) is 37.2 Å². The molecule has 0 N–H and O–H groups in total. The van der Waals surface area contributed by atoms with Crippen molar-refractivity contribution in [2.75, 3.05) is 31.6 Å². The van der Waals surface area contributed by atoms with Crippen LogP contribution in [0.25, 0.3) is 0 Å². The van der Waals surface area contributed by atoms with Crippen molar-refractivity contribution in [2.45, 2.75) is 39.2 Å². The first kappa shape index (κ1) is 24.5. The van der Waals surface area contributed by atoms with Gasteiger partial charge in [0, 0.05) is 43.2 Å². The summed E-state index contributed by atoms with van der Waals surface area (Å²) >= 11 is 0. The molecule has 1 aromatic heterocycles. The standard InChI is InChI=1S/C27H29N5O5/c1-18-10-11-19(16-22(18)32(34)35)26(33)31-15-12-21-20(17-31)25(37-24-9-5-4-8-23(24)36-2)29-27(28-21)30-13-6-3-7-14-30/h4-5,8-11,16H,3,6-7,12-15,17H2,1-2H3. The van der Waals surface area contributed by atoms with Crippen LogP contribution in [0.3, 0.4) is 0 Å². The number of anilines is 1. The molecule has 1 amide bonds. The molecule has 10 nitrogen and oxygen atoms in total. The lowest BCUT2D eigenvalue weighted by molar-refractivity contribution is -0.385. The number of nitro benzene ring substituents is 1. The topological polar surface area (TPSA) is 111 Å². The number of ether oxygens (including phenoxy) is 2. The number of carbonyl (C=O) groups excluding carboxylic acids is 1. The summed E-state index contributed by atoms with van der Waals surface area (Å²) in [6.45, 7) is 4.12. The Kier molecular flexibility index (Phi) is 6.89. The second-order valence-electron chi connectivity index (χ2n) is 9.29. The van der Waals surface area contributed by atoms with E-state index in [4.69, 9.17) is 19.4 Å². The number of aromatic nitrogens is 2. The Balaban J connectivity index is 1.49. The van der Waals surface area contributed by atoms with Crippen molar-refractivity contribution < 1.29 is 19.2 Å². The maximum absolute atomic E-state index is 13.4. The number of methoxy groups -OCH3 is 1. The van der Waals surface area contributed by atoms with Gasteiger partial charge in [0.1, 0.15) is 0 Å². The molecule has 192 valence electrons. The van der Waals surface area contributed by atoms with Crippen LogP contribution in [0.2, 0.25) is 0 Å². The molecule has 0 unspecified atom stereocenters. The van der Waals surface area contributed by atoms with Gasteiger partial charge in [0.2, 0.25) is 11.8 Å². The first-order valence-corrected chi connectivity index (χ1v) is 12.4. The highest BCUT2D eigenvalue weighted by Crippen LogP contribution is 2.36. The number of benzene rings is 2. The van der Waals surface area contributed by atoms with Crippen LogP contribution in [0.4, 0.5) is 11.6 Å². The van der Waals surface area contributed by atoms with Gasteiger partial charge in [0.05, 0.1) is 29.8 Å². The van der Waals surface area contributed by atoms with E-state index in [1.165, 1.54) is 12.5 Å². The molecule has 0 saturated carbocycles. The molecule has 1 fully saturated rings. The highest BCUT2D eigenvalue weighted by molar-refractivity contribution is 5.95. The summed E-state index contributed by atoms with van der Waals surface area (Å²) in [6, 6.07) is 11.9. The maximum Gasteiger partial charge on any atom is 0.273 e. The first-order valence-electron chi connectivity index (χ1n) is 12.4. The quantitative estimate of drug-likeness (QED) is 0.352. The van der Waals surface area contributed by atoms with Gasteiger partial charge in [-0.2, -0.15) is 4.98 Å². The Labute approximate surface area is 215 Å². The van der Waals surface area contributed by atoms with Crippen LogP contribution >= 0.6 is 0 Å². The number of piperidine rings is 1. The maximum atomic E-state index is 13.4. The number of hydrogen-bond donors (Lipinski definition) is 0. The molecule has 3 heterocycles. The average Bonchev–Trinajstić information content (AvgIpc) is 2.93. The fourth-order valence-corrected chi connectivity index (χ4v) is 4.79. The molecule has 1 saturated heterocycles. The number of fused-ring (bicyclic) bond motifs is 1. The van der Waals surface area contributed by atoms with Gasteiger partial charge in [0.15, 0.2) is 11.5 Å². The zero-order valence-corrected chi connectivity index (χ0v) is 21.0. The normalized spacial score (nSPS) is 15.2. The van der Waals surface area contributed by atoms with E-state index in [-0.39, 0.29) is 23.7 Å². The van der Waals surface area contributed by atoms with Gasteiger partial charge in [-0.15, -0.1) is 0 Å². The largest absolute Gasteiger partial charge is 0.493 e. The summed E-state index contributed by atoms with van der Waals surface area (Å²) < 4.78 is 11.8. The lowest BCUT2D eigenvalue weighted by Gasteiger charge is -2.32. The molecule has 0 aliphatic carbocycles. The zero-order chi connectivity index (χ0) is 25.9. The molecule has 37 heavy (non-hydrogen) atoms. The zero-order valence-electron chi connectivity index (χ0n) is 21.0. The van der Waals surface area contributed by atoms with Gasteiger partial charge in [0.25, 0.3) is 11.6 Å². The molecule has 2 aliphatic heterocycles. The number of nitro groups is 1. The van der Waals surface area contributed by atoms with E-state index >= 15 is 0 Å². The van der Waals surface area contributed by atoms with E-state index in [2.05, 4.69) is 4.90 Å². The van der Waals surface area contributed by atoms with Crippen LogP contribution < -0.4 is 14.4 Å². The van der Waals surface area contributed by atoms with Crippen LogP contribution in [0.5, 0.6) is 17.4 Å². The second-order valence-corrected chi connectivity index (χ2v) is 9.29. The molecule has 2 aliphatic rings. The lowest BCUT2D eigenvalue weighted by Crippen LogP contribution is -2.37. The van der Waals surface area contributed by atoms with Gasteiger partial charge in [-0.25, -0.2) is 4.98 Å². The summed E-state index contributed by atoms with van der Waals surface area (Å²) in [6.07, 6.45) is 3.91. The van der Waals surface area contributed by atoms with Crippen molar-refractivity contribution in [1.82, 2.24) is 14.9 Å². The lowest BCUT2D eigenvalue weighted by atomic mass is 10.0. The van der Waals surface area contributed by atoms with E-state index in [1.807, 2.05) is 24.3 Å². The van der Waals surface area contributed by atoms with Gasteiger partial charge >= 0.3 is 0 Å². The minimum Gasteiger partial charge on any atom is -0.493 e. The van der Waals surface area contributed by atoms with Crippen LogP contribution in [-0.2, 0) is 13.0 Å². The van der Waals surface area contributed by atoms with Crippen molar-refractivity contribution in [2.24, 2.45) is 0 Å². The first-order chi connectivity index (χ1) is 17.9. The number of carbonyl (C=O) groups is 1. The Morgan fingerprint density at radius 1 is 1.03 bits per heavy atom. The number of para-hydroxylation sites is 2. The highest BCUT2D eigenvalue weighted by Gasteiger charge is 2.29. The van der Waals surface area contributed by atoms with Crippen LogP contribution in [0.1, 0.15) is 46.4 Å². The number of aryl methyl sites for hydroxylation is 1. The SMILES string of the molecule is COc1ccccc1Oc1nc(N2CCCCC2)nc2c1CN(C(=O)c1ccc(C)c([N+](=O)[O-])c1)CC2. The molecular weight excluding hydrogens is 474 g/mol. The van der Waals surface area contributed by atoms with Crippen molar-refractivity contribution >= 4 is 17.5 Å². The van der Waals surface area contributed by atoms with Gasteiger partial charge < -0.3 is 19.3 Å². The van der Waals surface area contributed by atoms with E-state index in [0.29, 0.717) is 41.9 Å². The Morgan fingerprint density at radius 2 is 1.78 bits per heavy atom. The minimum absolute atomic E-state index is 0.0713. The monoisotopic (exact) mass is 503 g/mol. The smallest absolute Gasteiger partial charge is 0.273 e. The fraction of sp³-hybridized carbons (Fsp3) is 0.370. The molecule has 2 aromatic carbocycles. The third-order valence-corrected chi connectivity index (χ3v) is 6.87. The van der Waals surface area contributed by atoms with Gasteiger partial charge in [-0.05, 0) is 44.4 Å². The Hall–Kier alpha value is -4.21. The van der Waals surface area contributed by atoms with Gasteiger partial charge in [-0.1, -0.05) is 18.2 Å². The van der Waals surface area contributed by atoms with Crippen molar-refractivity contribution in [3.8, 4) is 17.4 Å². The third kappa shape index (κ3) is 5.04. The predicted molar refractivity (Wildman–Crippen MR) is 137 cm³/mol. The average molecular weight is 504 g/mol. The summed E-state index contributed by atoms with van der Waals surface area (Å²) in [5.74, 6) is 1.84. The van der Waals surface area contributed by atoms with Gasteiger partial charge in [-0.3, -0.25) is 14.9 Å². The molecule has 5 rings (SSSR count). The third-order valence-electron chi connectivity index (χ3n) is 6.87. The second kappa shape index (κ2) is 10.4. The Bertz CT molecular complexity index is 1340. The minimum atomic E-state index is -0.466. The number of amides is 1. The number of nitrogens with zero attached hydrogens (tertiary/aromatic N) is 5. The van der Waals surface area contributed by atoms with Crippen LogP contribution in [0.15, 0.2) is 42.5 Å². The summed E-state index contributed by atoms with van der Waals surface area (Å²) in [5, 5.41) is 11.4. The molecule has 0 atom stereocenters. The molecular formula is C27H29N5O5. The van der Waals surface area contributed by atoms with Crippen molar-refractivity contribution in [3.05, 3.63) is 75.0 Å². The van der Waals surface area contributed by atoms with E-state index in [1.54, 1.807) is 31.1 Å². The van der Waals surface area contributed by atoms with E-state index < -0.39 is 4.92 Å². The summed E-state index contributed by atoms with van der Waals surface area (Å²) in [5.41, 5.74) is 2.29. The number of rotatable bonds is 6.